The Hall–Kier alpha value is -3.59. The van der Waals surface area contributed by atoms with Gasteiger partial charge in [-0.1, -0.05) is 29.5 Å². The molecule has 0 saturated carbocycles. The number of furan rings is 1. The highest BCUT2D eigenvalue weighted by atomic mass is 32.1. The van der Waals surface area contributed by atoms with Gasteiger partial charge in [-0.25, -0.2) is 9.79 Å². The molecule has 3 heterocycles. The molecule has 0 bridgehead atoms. The summed E-state index contributed by atoms with van der Waals surface area (Å²) in [5.74, 6) is 1.39. The van der Waals surface area contributed by atoms with Gasteiger partial charge in [-0.05, 0) is 39.8 Å². The molecule has 1 atom stereocenters. The van der Waals surface area contributed by atoms with Crippen LogP contribution in [0.1, 0.15) is 45.1 Å². The van der Waals surface area contributed by atoms with Crippen molar-refractivity contribution in [3.63, 3.8) is 0 Å². The number of benzene rings is 1. The van der Waals surface area contributed by atoms with Crippen LogP contribution in [0.5, 0.6) is 5.75 Å². The summed E-state index contributed by atoms with van der Waals surface area (Å²) in [4.78, 5) is 33.9. The van der Waals surface area contributed by atoms with Crippen molar-refractivity contribution in [2.75, 3.05) is 31.7 Å². The van der Waals surface area contributed by atoms with Crippen molar-refractivity contribution in [3.05, 3.63) is 78.7 Å². The molecule has 1 aliphatic heterocycles. The molecule has 9 heteroatoms. The van der Waals surface area contributed by atoms with Crippen molar-refractivity contribution in [2.24, 2.45) is 4.99 Å². The molecule has 1 aromatic carbocycles. The van der Waals surface area contributed by atoms with Gasteiger partial charge in [0.1, 0.15) is 17.6 Å². The van der Waals surface area contributed by atoms with E-state index in [4.69, 9.17) is 13.9 Å². The van der Waals surface area contributed by atoms with Gasteiger partial charge in [0.05, 0.1) is 29.5 Å². The third-order valence-corrected chi connectivity index (χ3v) is 6.89. The summed E-state index contributed by atoms with van der Waals surface area (Å²) >= 11 is 1.26. The van der Waals surface area contributed by atoms with Gasteiger partial charge in [-0.3, -0.25) is 9.36 Å². The van der Waals surface area contributed by atoms with Crippen LogP contribution in [0.4, 0.5) is 5.88 Å². The molecule has 184 valence electrons. The Labute approximate surface area is 207 Å². The van der Waals surface area contributed by atoms with Gasteiger partial charge in [0.25, 0.3) is 5.56 Å². The second-order valence-corrected chi connectivity index (χ2v) is 8.90. The molecule has 3 aromatic rings. The van der Waals surface area contributed by atoms with E-state index in [9.17, 15) is 9.59 Å². The SMILES string of the molecule is CCOC(=O)C1=C(C)N=c2s/c(=C\c3ccc(N(CC)CC)o3)c(=O)n2[C@H]1c1ccccc1OC. The van der Waals surface area contributed by atoms with E-state index >= 15 is 0 Å². The van der Waals surface area contributed by atoms with Gasteiger partial charge in [0, 0.05) is 30.8 Å². The van der Waals surface area contributed by atoms with E-state index < -0.39 is 12.0 Å². The normalized spacial score (nSPS) is 15.6. The predicted molar refractivity (Wildman–Crippen MR) is 136 cm³/mol. The smallest absolute Gasteiger partial charge is 0.338 e. The van der Waals surface area contributed by atoms with E-state index in [0.717, 1.165) is 19.0 Å². The van der Waals surface area contributed by atoms with Crippen molar-refractivity contribution in [1.82, 2.24) is 4.57 Å². The Balaban J connectivity index is 1.91. The number of fused-ring (bicyclic) bond motifs is 1. The number of hydrogen-bond donors (Lipinski definition) is 0. The lowest BCUT2D eigenvalue weighted by molar-refractivity contribution is -0.139. The Morgan fingerprint density at radius 1 is 1.20 bits per heavy atom. The van der Waals surface area contributed by atoms with Crippen LogP contribution in [0.25, 0.3) is 6.08 Å². The number of thiazole rings is 1. The number of nitrogens with zero attached hydrogens (tertiary/aromatic N) is 3. The van der Waals surface area contributed by atoms with E-state index in [-0.39, 0.29) is 12.2 Å². The summed E-state index contributed by atoms with van der Waals surface area (Å²) in [6.45, 7) is 9.48. The molecule has 8 nitrogen and oxygen atoms in total. The average Bonchev–Trinajstić information content (AvgIpc) is 3.43. The molecule has 0 spiro atoms. The first-order valence-electron chi connectivity index (χ1n) is 11.6. The highest BCUT2D eigenvalue weighted by molar-refractivity contribution is 7.07. The number of methoxy groups -OCH3 is 1. The van der Waals surface area contributed by atoms with Crippen molar-refractivity contribution >= 4 is 29.3 Å². The van der Waals surface area contributed by atoms with E-state index in [0.29, 0.717) is 37.7 Å². The molecule has 0 amide bonds. The first-order valence-corrected chi connectivity index (χ1v) is 12.4. The number of para-hydroxylation sites is 1. The zero-order valence-electron chi connectivity index (χ0n) is 20.5. The Morgan fingerprint density at radius 3 is 2.63 bits per heavy atom. The Bertz CT molecular complexity index is 1440. The summed E-state index contributed by atoms with van der Waals surface area (Å²) < 4.78 is 18.9. The summed E-state index contributed by atoms with van der Waals surface area (Å²) in [5.41, 5.74) is 1.24. The first kappa shape index (κ1) is 24.5. The number of rotatable bonds is 8. The minimum atomic E-state index is -0.730. The predicted octanol–water partition coefficient (Wildman–Crippen LogP) is 3.25. The maximum Gasteiger partial charge on any atom is 0.338 e. The molecule has 4 rings (SSSR count). The molecule has 0 N–H and O–H groups in total. The van der Waals surface area contributed by atoms with Crippen LogP contribution in [0.2, 0.25) is 0 Å². The number of hydrogen-bond acceptors (Lipinski definition) is 8. The number of anilines is 1. The highest BCUT2D eigenvalue weighted by Gasteiger charge is 2.34. The van der Waals surface area contributed by atoms with Gasteiger partial charge >= 0.3 is 5.97 Å². The minimum Gasteiger partial charge on any atom is -0.496 e. The lowest BCUT2D eigenvalue weighted by atomic mass is 9.95. The second kappa shape index (κ2) is 10.4. The van der Waals surface area contributed by atoms with Gasteiger partial charge in [-0.2, -0.15) is 0 Å². The molecule has 2 aromatic heterocycles. The Kier molecular flexibility index (Phi) is 7.25. The fourth-order valence-electron chi connectivity index (χ4n) is 4.23. The average molecular weight is 496 g/mol. The van der Waals surface area contributed by atoms with Crippen LogP contribution in [0.15, 0.2) is 61.9 Å². The molecule has 0 aliphatic carbocycles. The van der Waals surface area contributed by atoms with Crippen LogP contribution in [-0.4, -0.2) is 37.3 Å². The van der Waals surface area contributed by atoms with E-state index in [2.05, 4.69) is 23.7 Å². The molecule has 0 unspecified atom stereocenters. The van der Waals surface area contributed by atoms with Gasteiger partial charge in [0.2, 0.25) is 0 Å². The highest BCUT2D eigenvalue weighted by Crippen LogP contribution is 2.35. The van der Waals surface area contributed by atoms with Crippen LogP contribution >= 0.6 is 11.3 Å². The van der Waals surface area contributed by atoms with E-state index in [1.807, 2.05) is 30.3 Å². The fraction of sp³-hybridized carbons (Fsp3) is 0.346. The quantitative estimate of drug-likeness (QED) is 0.446. The lowest BCUT2D eigenvalue weighted by Crippen LogP contribution is -2.40. The third-order valence-electron chi connectivity index (χ3n) is 5.91. The van der Waals surface area contributed by atoms with Crippen molar-refractivity contribution in [3.8, 4) is 5.75 Å². The maximum atomic E-state index is 13.7. The molecule has 0 saturated heterocycles. The van der Waals surface area contributed by atoms with E-state index in [1.54, 1.807) is 37.7 Å². The zero-order chi connectivity index (χ0) is 25.1. The largest absolute Gasteiger partial charge is 0.496 e. The maximum absolute atomic E-state index is 13.7. The van der Waals surface area contributed by atoms with Crippen molar-refractivity contribution in [2.45, 2.75) is 33.7 Å². The summed E-state index contributed by atoms with van der Waals surface area (Å²) in [6.07, 6.45) is 1.72. The van der Waals surface area contributed by atoms with E-state index in [1.165, 1.54) is 11.3 Å². The van der Waals surface area contributed by atoms with Crippen LogP contribution in [-0.2, 0) is 9.53 Å². The summed E-state index contributed by atoms with van der Waals surface area (Å²) in [6, 6.07) is 10.4. The number of allylic oxidation sites excluding steroid dienone is 1. The number of ether oxygens (including phenoxy) is 2. The summed E-state index contributed by atoms with van der Waals surface area (Å²) in [7, 11) is 1.56. The van der Waals surface area contributed by atoms with Crippen molar-refractivity contribution in [1.29, 1.82) is 0 Å². The summed E-state index contributed by atoms with van der Waals surface area (Å²) in [5, 5.41) is 0. The van der Waals surface area contributed by atoms with Crippen LogP contribution < -0.4 is 24.5 Å². The minimum absolute atomic E-state index is 0.214. The fourth-order valence-corrected chi connectivity index (χ4v) is 5.26. The number of carbonyl (C=O) groups is 1. The molecule has 0 radical (unpaired) electrons. The van der Waals surface area contributed by atoms with Gasteiger partial charge in [0.15, 0.2) is 10.7 Å². The zero-order valence-corrected chi connectivity index (χ0v) is 21.3. The molecule has 0 fully saturated rings. The Morgan fingerprint density at radius 2 is 1.94 bits per heavy atom. The monoisotopic (exact) mass is 495 g/mol. The topological polar surface area (TPSA) is 86.3 Å². The number of carbonyl (C=O) groups excluding carboxylic acids is 1. The molecule has 1 aliphatic rings. The van der Waals surface area contributed by atoms with Crippen LogP contribution in [0.3, 0.4) is 0 Å². The number of esters is 1. The molecular weight excluding hydrogens is 466 g/mol. The van der Waals surface area contributed by atoms with Crippen molar-refractivity contribution < 1.29 is 18.7 Å². The first-order chi connectivity index (χ1) is 16.9. The molecular formula is C26H29N3O5S. The molecule has 35 heavy (non-hydrogen) atoms. The van der Waals surface area contributed by atoms with Crippen LogP contribution in [0, 0.1) is 0 Å². The standard InChI is InChI=1S/C26H29N3O5S/c1-6-28(7-2)21-14-13-17(34-21)15-20-24(30)29-23(18-11-9-10-12-19(18)32-5)22(25(31)33-8-3)16(4)27-26(29)35-20/h9-15,23H,6-8H2,1-5H3/b20-15-/t23-/m0/s1. The van der Waals surface area contributed by atoms with Gasteiger partial charge < -0.3 is 18.8 Å². The van der Waals surface area contributed by atoms with Gasteiger partial charge in [-0.15, -0.1) is 0 Å². The number of aromatic nitrogens is 1. The third kappa shape index (κ3) is 4.55. The lowest BCUT2D eigenvalue weighted by Gasteiger charge is -2.25. The second-order valence-electron chi connectivity index (χ2n) is 7.89.